The van der Waals surface area contributed by atoms with Crippen molar-refractivity contribution in [3.05, 3.63) is 18.2 Å². The van der Waals surface area contributed by atoms with Gasteiger partial charge in [0, 0.05) is 13.0 Å². The van der Waals surface area contributed by atoms with E-state index in [1.807, 2.05) is 0 Å². The first-order valence-corrected chi connectivity index (χ1v) is 3.14. The Hall–Kier alpha value is -0.970. The van der Waals surface area contributed by atoms with Gasteiger partial charge in [-0.2, -0.15) is 8.78 Å². The lowest BCUT2D eigenvalue weighted by Gasteiger charge is -2.11. The summed E-state index contributed by atoms with van der Waals surface area (Å²) in [5, 5.41) is 8.29. The molecule has 0 aliphatic heterocycles. The number of aromatic amines is 1. The van der Waals surface area contributed by atoms with E-state index in [9.17, 15) is 8.78 Å². The molecule has 0 amide bonds. The summed E-state index contributed by atoms with van der Waals surface area (Å²) in [6, 6.07) is 0. The summed E-state index contributed by atoms with van der Waals surface area (Å²) < 4.78 is 25.5. The molecule has 0 aliphatic rings. The summed E-state index contributed by atoms with van der Waals surface area (Å²) in [6.07, 6.45) is 1.66. The molecular formula is C6H8F2N2O. The Labute approximate surface area is 62.1 Å². The molecule has 0 aliphatic carbocycles. The molecule has 3 nitrogen and oxygen atoms in total. The van der Waals surface area contributed by atoms with Crippen LogP contribution >= 0.6 is 0 Å². The van der Waals surface area contributed by atoms with E-state index >= 15 is 0 Å². The first-order valence-electron chi connectivity index (χ1n) is 3.14. The summed E-state index contributed by atoms with van der Waals surface area (Å²) in [5.74, 6) is -2.99. The standard InChI is InChI=1S/C6H8F2N2O/c7-6(8,1-2-11)5-3-9-4-10-5/h3-4,11H,1-2H2,(H,9,10). The second-order valence-corrected chi connectivity index (χ2v) is 2.14. The molecule has 0 atom stereocenters. The molecule has 0 saturated carbocycles. The lowest BCUT2D eigenvalue weighted by atomic mass is 10.2. The highest BCUT2D eigenvalue weighted by molar-refractivity contribution is 5.03. The number of H-pyrrole nitrogens is 1. The van der Waals surface area contributed by atoms with Gasteiger partial charge < -0.3 is 10.1 Å². The molecule has 0 bridgehead atoms. The van der Waals surface area contributed by atoms with E-state index in [4.69, 9.17) is 5.11 Å². The third-order valence-electron chi connectivity index (χ3n) is 1.32. The lowest BCUT2D eigenvalue weighted by Crippen LogP contribution is -2.15. The number of hydrogen-bond donors (Lipinski definition) is 2. The molecule has 0 unspecified atom stereocenters. The molecule has 2 N–H and O–H groups in total. The van der Waals surface area contributed by atoms with E-state index in [0.29, 0.717) is 0 Å². The first kappa shape index (κ1) is 8.13. The fourth-order valence-electron chi connectivity index (χ4n) is 0.731. The van der Waals surface area contributed by atoms with Crippen molar-refractivity contribution in [2.24, 2.45) is 0 Å². The molecule has 1 aromatic heterocycles. The van der Waals surface area contributed by atoms with Crippen molar-refractivity contribution < 1.29 is 13.9 Å². The van der Waals surface area contributed by atoms with Gasteiger partial charge in [0.2, 0.25) is 0 Å². The summed E-state index contributed by atoms with van der Waals surface area (Å²) in [4.78, 5) is 5.74. The van der Waals surface area contributed by atoms with Gasteiger partial charge >= 0.3 is 0 Å². The predicted molar refractivity (Wildman–Crippen MR) is 34.2 cm³/mol. The average Bonchev–Trinajstić information content (AvgIpc) is 2.37. The second kappa shape index (κ2) is 2.96. The van der Waals surface area contributed by atoms with Crippen LogP contribution in [0.2, 0.25) is 0 Å². The van der Waals surface area contributed by atoms with Crippen molar-refractivity contribution in [1.82, 2.24) is 9.97 Å². The van der Waals surface area contributed by atoms with Crippen LogP contribution in [0.5, 0.6) is 0 Å². The maximum Gasteiger partial charge on any atom is 0.291 e. The Morgan fingerprint density at radius 2 is 2.36 bits per heavy atom. The van der Waals surface area contributed by atoms with Crippen molar-refractivity contribution in [3.8, 4) is 0 Å². The van der Waals surface area contributed by atoms with Gasteiger partial charge in [-0.3, -0.25) is 0 Å². The third kappa shape index (κ3) is 1.74. The molecule has 62 valence electrons. The van der Waals surface area contributed by atoms with Gasteiger partial charge in [0.15, 0.2) is 0 Å². The van der Waals surface area contributed by atoms with Gasteiger partial charge in [-0.1, -0.05) is 0 Å². The number of nitrogens with zero attached hydrogens (tertiary/aromatic N) is 1. The topological polar surface area (TPSA) is 48.9 Å². The van der Waals surface area contributed by atoms with E-state index < -0.39 is 19.0 Å². The lowest BCUT2D eigenvalue weighted by molar-refractivity contribution is -0.0306. The fourth-order valence-corrected chi connectivity index (χ4v) is 0.731. The number of aliphatic hydroxyl groups is 1. The highest BCUT2D eigenvalue weighted by atomic mass is 19.3. The Kier molecular flexibility index (Phi) is 2.19. The molecule has 0 aromatic carbocycles. The van der Waals surface area contributed by atoms with Crippen LogP contribution in [-0.2, 0) is 5.92 Å². The van der Waals surface area contributed by atoms with Gasteiger partial charge in [0.25, 0.3) is 5.92 Å². The fraction of sp³-hybridized carbons (Fsp3) is 0.500. The molecular weight excluding hydrogens is 154 g/mol. The zero-order valence-corrected chi connectivity index (χ0v) is 5.72. The zero-order valence-electron chi connectivity index (χ0n) is 5.72. The minimum Gasteiger partial charge on any atom is -0.396 e. The van der Waals surface area contributed by atoms with Crippen molar-refractivity contribution in [1.29, 1.82) is 0 Å². The summed E-state index contributed by atoms with van der Waals surface area (Å²) in [6.45, 7) is -0.536. The van der Waals surface area contributed by atoms with E-state index in [0.717, 1.165) is 6.20 Å². The predicted octanol–water partition coefficient (Wildman–Crippen LogP) is 0.884. The van der Waals surface area contributed by atoms with Crippen LogP contribution in [0.3, 0.4) is 0 Å². The normalized spacial score (nSPS) is 11.9. The minimum atomic E-state index is -2.99. The molecule has 0 spiro atoms. The van der Waals surface area contributed by atoms with E-state index in [-0.39, 0.29) is 5.69 Å². The molecule has 0 saturated heterocycles. The number of halogens is 2. The summed E-state index contributed by atoms with van der Waals surface area (Å²) in [7, 11) is 0. The Morgan fingerprint density at radius 3 is 2.82 bits per heavy atom. The average molecular weight is 162 g/mol. The van der Waals surface area contributed by atoms with E-state index in [2.05, 4.69) is 9.97 Å². The van der Waals surface area contributed by atoms with Gasteiger partial charge in [0.05, 0.1) is 12.5 Å². The number of aromatic nitrogens is 2. The van der Waals surface area contributed by atoms with Crippen LogP contribution < -0.4 is 0 Å². The number of hydrogen-bond acceptors (Lipinski definition) is 2. The number of aliphatic hydroxyl groups excluding tert-OH is 1. The van der Waals surface area contributed by atoms with Gasteiger partial charge in [-0.25, -0.2) is 4.98 Å². The largest absolute Gasteiger partial charge is 0.396 e. The van der Waals surface area contributed by atoms with Crippen LogP contribution in [0, 0.1) is 0 Å². The number of nitrogens with one attached hydrogen (secondary N) is 1. The highest BCUT2D eigenvalue weighted by Crippen LogP contribution is 2.28. The van der Waals surface area contributed by atoms with Crippen molar-refractivity contribution in [2.75, 3.05) is 6.61 Å². The Morgan fingerprint density at radius 1 is 1.64 bits per heavy atom. The Bertz CT molecular complexity index is 210. The Balaban J connectivity index is 2.73. The second-order valence-electron chi connectivity index (χ2n) is 2.14. The number of alkyl halides is 2. The molecule has 11 heavy (non-hydrogen) atoms. The van der Waals surface area contributed by atoms with Crippen LogP contribution in [0.25, 0.3) is 0 Å². The van der Waals surface area contributed by atoms with Gasteiger partial charge in [-0.05, 0) is 0 Å². The van der Waals surface area contributed by atoms with Crippen molar-refractivity contribution >= 4 is 0 Å². The number of rotatable bonds is 3. The summed E-state index contributed by atoms with van der Waals surface area (Å²) in [5.41, 5.74) is -0.258. The van der Waals surface area contributed by atoms with Crippen LogP contribution in [0.4, 0.5) is 8.78 Å². The zero-order chi connectivity index (χ0) is 8.32. The highest BCUT2D eigenvalue weighted by Gasteiger charge is 2.31. The SMILES string of the molecule is OCCC(F)(F)c1cnc[nH]1. The maximum absolute atomic E-state index is 12.8. The van der Waals surface area contributed by atoms with E-state index in [1.165, 1.54) is 6.33 Å². The number of imidazole rings is 1. The molecule has 1 heterocycles. The smallest absolute Gasteiger partial charge is 0.291 e. The van der Waals surface area contributed by atoms with E-state index in [1.54, 1.807) is 0 Å². The van der Waals surface area contributed by atoms with Crippen molar-refractivity contribution in [2.45, 2.75) is 12.3 Å². The van der Waals surface area contributed by atoms with Crippen LogP contribution in [-0.4, -0.2) is 21.7 Å². The molecule has 1 rings (SSSR count). The minimum absolute atomic E-state index is 0.258. The van der Waals surface area contributed by atoms with Crippen LogP contribution in [0.1, 0.15) is 12.1 Å². The van der Waals surface area contributed by atoms with Gasteiger partial charge in [0.1, 0.15) is 5.69 Å². The van der Waals surface area contributed by atoms with Crippen molar-refractivity contribution in [3.63, 3.8) is 0 Å². The summed E-state index contributed by atoms with van der Waals surface area (Å²) >= 11 is 0. The first-order chi connectivity index (χ1) is 5.17. The third-order valence-corrected chi connectivity index (χ3v) is 1.32. The quantitative estimate of drug-likeness (QED) is 0.693. The molecule has 5 heteroatoms. The molecule has 0 fully saturated rings. The molecule has 0 radical (unpaired) electrons. The molecule has 1 aromatic rings. The van der Waals surface area contributed by atoms with Crippen LogP contribution in [0.15, 0.2) is 12.5 Å². The maximum atomic E-state index is 12.8. The monoisotopic (exact) mass is 162 g/mol. The van der Waals surface area contributed by atoms with Gasteiger partial charge in [-0.15, -0.1) is 0 Å².